The molecule has 0 amide bonds. The summed E-state index contributed by atoms with van der Waals surface area (Å²) in [5.74, 6) is 2.07. The highest BCUT2D eigenvalue weighted by Gasteiger charge is 2.69. The Morgan fingerprint density at radius 2 is 1.78 bits per heavy atom. The van der Waals surface area contributed by atoms with Gasteiger partial charge in [0.2, 0.25) is 0 Å². The van der Waals surface area contributed by atoms with E-state index in [-0.39, 0.29) is 39.8 Å². The molecule has 9 atom stereocenters. The van der Waals surface area contributed by atoms with Crippen LogP contribution >= 0.6 is 0 Å². The molecule has 4 aliphatic carbocycles. The van der Waals surface area contributed by atoms with E-state index in [1.165, 1.54) is 38.2 Å². The fourth-order valence-corrected chi connectivity index (χ4v) is 10.0. The fraction of sp³-hybridized carbons (Fsp3) is 0.848. The lowest BCUT2D eigenvalue weighted by Gasteiger charge is -2.67. The number of hydrogen-bond donors (Lipinski definition) is 1. The Bertz CT molecular complexity index is 940. The second-order valence-electron chi connectivity index (χ2n) is 15.0. The van der Waals surface area contributed by atoms with Crippen molar-refractivity contribution in [1.82, 2.24) is 0 Å². The molecule has 0 aliphatic heterocycles. The zero-order valence-electron chi connectivity index (χ0n) is 25.3. The first-order valence-corrected chi connectivity index (χ1v) is 14.8. The van der Waals surface area contributed by atoms with Gasteiger partial charge in [0.15, 0.2) is 0 Å². The van der Waals surface area contributed by atoms with Crippen molar-refractivity contribution >= 4 is 5.97 Å². The van der Waals surface area contributed by atoms with Gasteiger partial charge in [-0.25, -0.2) is 0 Å². The Balaban J connectivity index is 1.68. The maximum atomic E-state index is 11.9. The summed E-state index contributed by atoms with van der Waals surface area (Å²) in [5, 5.41) is 10.1. The van der Waals surface area contributed by atoms with E-state index in [0.717, 1.165) is 19.3 Å². The first-order chi connectivity index (χ1) is 17.0. The van der Waals surface area contributed by atoms with Gasteiger partial charge in [0.25, 0.3) is 0 Å². The van der Waals surface area contributed by atoms with E-state index < -0.39 is 5.60 Å². The molecule has 0 unspecified atom stereocenters. The van der Waals surface area contributed by atoms with E-state index in [1.54, 1.807) is 0 Å². The lowest BCUT2D eigenvalue weighted by Crippen LogP contribution is -2.63. The Labute approximate surface area is 226 Å². The van der Waals surface area contributed by atoms with Crippen molar-refractivity contribution in [2.45, 2.75) is 125 Å². The predicted molar refractivity (Wildman–Crippen MR) is 150 cm³/mol. The van der Waals surface area contributed by atoms with Crippen molar-refractivity contribution in [1.29, 1.82) is 0 Å². The van der Waals surface area contributed by atoms with Crippen LogP contribution < -0.4 is 0 Å². The van der Waals surface area contributed by atoms with Gasteiger partial charge in [-0.1, -0.05) is 65.3 Å². The van der Waals surface area contributed by atoms with E-state index in [2.05, 4.69) is 53.7 Å². The number of carbonyl (C=O) groups is 1. The molecule has 4 nitrogen and oxygen atoms in total. The molecular formula is C33H54O4. The van der Waals surface area contributed by atoms with Gasteiger partial charge < -0.3 is 14.6 Å². The molecule has 0 aromatic rings. The maximum absolute atomic E-state index is 11.9. The van der Waals surface area contributed by atoms with Crippen molar-refractivity contribution in [2.75, 3.05) is 7.11 Å². The summed E-state index contributed by atoms with van der Waals surface area (Å²) in [6.07, 6.45) is 14.7. The quantitative estimate of drug-likeness (QED) is 0.294. The summed E-state index contributed by atoms with van der Waals surface area (Å²) >= 11 is 0. The number of fused-ring (bicyclic) bond motifs is 5. The van der Waals surface area contributed by atoms with E-state index >= 15 is 0 Å². The normalized spacial score (nSPS) is 44.0. The van der Waals surface area contributed by atoms with E-state index in [1.807, 2.05) is 27.0 Å². The third-order valence-electron chi connectivity index (χ3n) is 12.1. The third-order valence-corrected chi connectivity index (χ3v) is 12.1. The van der Waals surface area contributed by atoms with Crippen LogP contribution in [0.5, 0.6) is 0 Å². The van der Waals surface area contributed by atoms with Crippen LogP contribution in [0.4, 0.5) is 0 Å². The van der Waals surface area contributed by atoms with Crippen LogP contribution in [0, 0.1) is 45.3 Å². The van der Waals surface area contributed by atoms with Crippen molar-refractivity contribution in [3.8, 4) is 0 Å². The van der Waals surface area contributed by atoms with Gasteiger partial charge in [-0.15, -0.1) is 0 Å². The molecule has 0 aromatic carbocycles. The van der Waals surface area contributed by atoms with Crippen LogP contribution in [0.2, 0.25) is 0 Å². The average Bonchev–Trinajstić information content (AvgIpc) is 3.05. The summed E-state index contributed by atoms with van der Waals surface area (Å²) in [5.41, 5.74) is 1.18. The minimum atomic E-state index is -0.749. The van der Waals surface area contributed by atoms with Crippen LogP contribution in [-0.4, -0.2) is 36.0 Å². The smallest absolute Gasteiger partial charge is 0.302 e. The largest absolute Gasteiger partial charge is 0.462 e. The van der Waals surface area contributed by atoms with Gasteiger partial charge >= 0.3 is 5.97 Å². The standard InChI is InChI=1S/C33H54O4/c1-21(12-11-16-29(3,4)35)23-15-17-33(9)28-26(36-10)20-25-24(31(28,7)18-19-32(23,33)8)13-14-27(30(25,5)6)37-22(2)34/h11,16,20-21,23-24,26-28,35H,12-15,17-19H2,1-10H3/b16-11+/t21-,23-,24-,26+,27+,28-,31+,32-,33+/m1/s1. The van der Waals surface area contributed by atoms with Crippen LogP contribution in [0.15, 0.2) is 23.8 Å². The molecule has 0 radical (unpaired) electrons. The number of carbonyl (C=O) groups excluding carboxylic acids is 1. The zero-order valence-corrected chi connectivity index (χ0v) is 25.3. The first kappa shape index (κ1) is 28.9. The Kier molecular flexibility index (Phi) is 7.42. The van der Waals surface area contributed by atoms with Crippen molar-refractivity contribution in [3.63, 3.8) is 0 Å². The summed E-state index contributed by atoms with van der Waals surface area (Å²) in [6.45, 7) is 20.0. The highest BCUT2D eigenvalue weighted by Crippen LogP contribution is 2.75. The molecule has 4 heteroatoms. The number of esters is 1. The van der Waals surface area contributed by atoms with Crippen LogP contribution in [0.25, 0.3) is 0 Å². The molecule has 4 rings (SSSR count). The number of allylic oxidation sites excluding steroid dienone is 1. The Morgan fingerprint density at radius 3 is 2.38 bits per heavy atom. The molecule has 210 valence electrons. The predicted octanol–water partition coefficient (Wildman–Crippen LogP) is 7.50. The fourth-order valence-electron chi connectivity index (χ4n) is 10.0. The van der Waals surface area contributed by atoms with Crippen molar-refractivity contribution in [2.24, 2.45) is 45.3 Å². The Hall–Kier alpha value is -1.13. The molecule has 0 aromatic heterocycles. The second-order valence-corrected chi connectivity index (χ2v) is 15.0. The lowest BCUT2D eigenvalue weighted by molar-refractivity contribution is -0.185. The van der Waals surface area contributed by atoms with Gasteiger partial charge in [-0.2, -0.15) is 0 Å². The number of aliphatic hydroxyl groups is 1. The number of methoxy groups -OCH3 is 1. The van der Waals surface area contributed by atoms with Crippen LogP contribution in [0.3, 0.4) is 0 Å². The first-order valence-electron chi connectivity index (χ1n) is 14.8. The van der Waals surface area contributed by atoms with Gasteiger partial charge in [-0.05, 0) is 92.8 Å². The zero-order chi connectivity index (χ0) is 27.6. The molecule has 0 heterocycles. The summed E-state index contributed by atoms with van der Waals surface area (Å²) in [6, 6.07) is 0. The highest BCUT2D eigenvalue weighted by molar-refractivity contribution is 5.66. The molecule has 1 N–H and O–H groups in total. The van der Waals surface area contributed by atoms with Gasteiger partial charge in [0.1, 0.15) is 6.10 Å². The Morgan fingerprint density at radius 1 is 1.11 bits per heavy atom. The van der Waals surface area contributed by atoms with E-state index in [9.17, 15) is 9.90 Å². The van der Waals surface area contributed by atoms with E-state index in [0.29, 0.717) is 23.7 Å². The maximum Gasteiger partial charge on any atom is 0.302 e. The third kappa shape index (κ3) is 4.56. The highest BCUT2D eigenvalue weighted by atomic mass is 16.5. The summed E-state index contributed by atoms with van der Waals surface area (Å²) < 4.78 is 12.2. The van der Waals surface area contributed by atoms with E-state index in [4.69, 9.17) is 9.47 Å². The molecule has 3 fully saturated rings. The number of rotatable bonds is 6. The minimum Gasteiger partial charge on any atom is -0.462 e. The lowest BCUT2D eigenvalue weighted by atomic mass is 9.38. The minimum absolute atomic E-state index is 0.0664. The summed E-state index contributed by atoms with van der Waals surface area (Å²) in [4.78, 5) is 11.9. The van der Waals surface area contributed by atoms with Crippen LogP contribution in [-0.2, 0) is 14.3 Å². The molecule has 3 saturated carbocycles. The molecule has 0 bridgehead atoms. The molecule has 0 saturated heterocycles. The molecule has 0 spiro atoms. The van der Waals surface area contributed by atoms with Crippen molar-refractivity contribution < 1.29 is 19.4 Å². The topological polar surface area (TPSA) is 55.8 Å². The van der Waals surface area contributed by atoms with Gasteiger partial charge in [-0.3, -0.25) is 4.79 Å². The van der Waals surface area contributed by atoms with Gasteiger partial charge in [0.05, 0.1) is 11.7 Å². The molecule has 37 heavy (non-hydrogen) atoms. The van der Waals surface area contributed by atoms with Crippen LogP contribution in [0.1, 0.15) is 107 Å². The number of ether oxygens (including phenoxy) is 2. The average molecular weight is 515 g/mol. The molecular weight excluding hydrogens is 460 g/mol. The SMILES string of the molecule is CO[C@H]1C=C2[C@@H](CC[C@H](OC(C)=O)C2(C)C)[C@]2(C)CC[C@]3(C)[C@@H]([C@H](C)C/C=C/C(C)(C)O)CC[C@@]3(C)[C@H]12. The second kappa shape index (κ2) is 9.51. The van der Waals surface area contributed by atoms with Crippen molar-refractivity contribution in [3.05, 3.63) is 23.8 Å². The van der Waals surface area contributed by atoms with Gasteiger partial charge in [0, 0.05) is 25.4 Å². The monoisotopic (exact) mass is 514 g/mol. The number of hydrogen-bond acceptors (Lipinski definition) is 4. The summed E-state index contributed by atoms with van der Waals surface area (Å²) in [7, 11) is 1.90. The molecule has 4 aliphatic rings.